The third-order valence-electron chi connectivity index (χ3n) is 2.63. The Morgan fingerprint density at radius 3 is 2.59 bits per heavy atom. The van der Waals surface area contributed by atoms with E-state index in [0.717, 1.165) is 18.8 Å². The Bertz CT molecular complexity index is 326. The standard InChI is InChI=1S/C14H23NO2/c1-12(2)10-15(8-9-16)11-13-6-4-5-7-14(13)17-3/h4-7,12,16H,8-11H2,1-3H3. The van der Waals surface area contributed by atoms with Gasteiger partial charge in [0.05, 0.1) is 13.7 Å². The van der Waals surface area contributed by atoms with E-state index in [9.17, 15) is 0 Å². The van der Waals surface area contributed by atoms with Crippen LogP contribution in [0.2, 0.25) is 0 Å². The van der Waals surface area contributed by atoms with Gasteiger partial charge in [-0.1, -0.05) is 32.0 Å². The number of hydrogen-bond donors (Lipinski definition) is 1. The lowest BCUT2D eigenvalue weighted by molar-refractivity contribution is 0.174. The number of aliphatic hydroxyl groups excluding tert-OH is 1. The smallest absolute Gasteiger partial charge is 0.123 e. The molecule has 3 nitrogen and oxygen atoms in total. The third-order valence-corrected chi connectivity index (χ3v) is 2.63. The highest BCUT2D eigenvalue weighted by Crippen LogP contribution is 2.19. The summed E-state index contributed by atoms with van der Waals surface area (Å²) < 4.78 is 5.34. The Hall–Kier alpha value is -1.06. The van der Waals surface area contributed by atoms with Crippen LogP contribution in [0.3, 0.4) is 0 Å². The van der Waals surface area contributed by atoms with Crippen LogP contribution in [0, 0.1) is 5.92 Å². The van der Waals surface area contributed by atoms with Crippen LogP contribution in [-0.4, -0.2) is 36.8 Å². The summed E-state index contributed by atoms with van der Waals surface area (Å²) in [6, 6.07) is 8.04. The predicted molar refractivity (Wildman–Crippen MR) is 70.2 cm³/mol. The van der Waals surface area contributed by atoms with E-state index >= 15 is 0 Å². The van der Waals surface area contributed by atoms with Crippen molar-refractivity contribution in [1.82, 2.24) is 4.90 Å². The van der Waals surface area contributed by atoms with Crippen molar-refractivity contribution in [3.63, 3.8) is 0 Å². The average Bonchev–Trinajstić information content (AvgIpc) is 2.29. The third kappa shape index (κ3) is 4.75. The maximum atomic E-state index is 9.08. The zero-order valence-corrected chi connectivity index (χ0v) is 11.0. The Morgan fingerprint density at radius 1 is 1.29 bits per heavy atom. The van der Waals surface area contributed by atoms with E-state index in [2.05, 4.69) is 24.8 Å². The molecule has 0 aliphatic carbocycles. The Labute approximate surface area is 104 Å². The van der Waals surface area contributed by atoms with E-state index in [-0.39, 0.29) is 6.61 Å². The first kappa shape index (κ1) is 14.0. The lowest BCUT2D eigenvalue weighted by atomic mass is 10.1. The average molecular weight is 237 g/mol. The van der Waals surface area contributed by atoms with Crippen molar-refractivity contribution < 1.29 is 9.84 Å². The molecule has 0 aromatic heterocycles. The van der Waals surface area contributed by atoms with Gasteiger partial charge < -0.3 is 9.84 Å². The molecule has 0 amide bonds. The van der Waals surface area contributed by atoms with Crippen molar-refractivity contribution >= 4 is 0 Å². The molecule has 0 aliphatic heterocycles. The maximum absolute atomic E-state index is 9.08. The molecule has 0 fully saturated rings. The molecule has 0 unspecified atom stereocenters. The van der Waals surface area contributed by atoms with Crippen LogP contribution in [0.1, 0.15) is 19.4 Å². The number of hydrogen-bond acceptors (Lipinski definition) is 3. The van der Waals surface area contributed by atoms with Crippen molar-refractivity contribution in [2.45, 2.75) is 20.4 Å². The Balaban J connectivity index is 2.70. The first-order valence-corrected chi connectivity index (χ1v) is 6.12. The van der Waals surface area contributed by atoms with Gasteiger partial charge in [-0.25, -0.2) is 0 Å². The molecular weight excluding hydrogens is 214 g/mol. The summed E-state index contributed by atoms with van der Waals surface area (Å²) in [6.07, 6.45) is 0. The lowest BCUT2D eigenvalue weighted by Gasteiger charge is -2.24. The van der Waals surface area contributed by atoms with E-state index < -0.39 is 0 Å². The van der Waals surface area contributed by atoms with Gasteiger partial charge in [-0.15, -0.1) is 0 Å². The lowest BCUT2D eigenvalue weighted by Crippen LogP contribution is -2.30. The molecule has 0 aliphatic rings. The second-order valence-electron chi connectivity index (χ2n) is 4.66. The monoisotopic (exact) mass is 237 g/mol. The molecule has 0 heterocycles. The molecule has 96 valence electrons. The van der Waals surface area contributed by atoms with Crippen molar-refractivity contribution in [2.75, 3.05) is 26.8 Å². The molecule has 1 N–H and O–H groups in total. The van der Waals surface area contributed by atoms with Crippen LogP contribution in [-0.2, 0) is 6.54 Å². The van der Waals surface area contributed by atoms with Gasteiger partial charge in [0.25, 0.3) is 0 Å². The molecule has 0 spiro atoms. The largest absolute Gasteiger partial charge is 0.496 e. The van der Waals surface area contributed by atoms with Gasteiger partial charge in [-0.3, -0.25) is 4.90 Å². The van der Waals surface area contributed by atoms with Crippen LogP contribution in [0.15, 0.2) is 24.3 Å². The van der Waals surface area contributed by atoms with Gasteiger partial charge in [0.15, 0.2) is 0 Å². The van der Waals surface area contributed by atoms with Gasteiger partial charge >= 0.3 is 0 Å². The molecule has 3 heteroatoms. The van der Waals surface area contributed by atoms with E-state index in [1.54, 1.807) is 7.11 Å². The fourth-order valence-corrected chi connectivity index (χ4v) is 1.97. The summed E-state index contributed by atoms with van der Waals surface area (Å²) in [5, 5.41) is 9.08. The van der Waals surface area contributed by atoms with Crippen molar-refractivity contribution in [2.24, 2.45) is 5.92 Å². The summed E-state index contributed by atoms with van der Waals surface area (Å²) in [5.41, 5.74) is 1.17. The fraction of sp³-hybridized carbons (Fsp3) is 0.571. The van der Waals surface area contributed by atoms with Crippen LogP contribution >= 0.6 is 0 Å². The second-order valence-corrected chi connectivity index (χ2v) is 4.66. The summed E-state index contributed by atoms with van der Waals surface area (Å²) in [4.78, 5) is 2.25. The van der Waals surface area contributed by atoms with Crippen molar-refractivity contribution in [1.29, 1.82) is 0 Å². The number of methoxy groups -OCH3 is 1. The molecule has 0 radical (unpaired) electrons. The molecule has 0 atom stereocenters. The van der Waals surface area contributed by atoms with Crippen LogP contribution in [0.5, 0.6) is 5.75 Å². The van der Waals surface area contributed by atoms with Crippen molar-refractivity contribution in [3.05, 3.63) is 29.8 Å². The molecule has 0 bridgehead atoms. The summed E-state index contributed by atoms with van der Waals surface area (Å²) in [5.74, 6) is 1.51. The van der Waals surface area contributed by atoms with Gasteiger partial charge in [-0.05, 0) is 12.0 Å². The van der Waals surface area contributed by atoms with Crippen LogP contribution < -0.4 is 4.74 Å². The van der Waals surface area contributed by atoms with Gasteiger partial charge in [0.1, 0.15) is 5.75 Å². The minimum Gasteiger partial charge on any atom is -0.496 e. The first-order valence-electron chi connectivity index (χ1n) is 6.12. The normalized spacial score (nSPS) is 11.2. The van der Waals surface area contributed by atoms with Gasteiger partial charge in [0, 0.05) is 25.2 Å². The summed E-state index contributed by atoms with van der Waals surface area (Å²) in [7, 11) is 1.69. The highest BCUT2D eigenvalue weighted by molar-refractivity contribution is 5.33. The highest BCUT2D eigenvalue weighted by Gasteiger charge is 2.10. The molecular formula is C14H23NO2. The van der Waals surface area contributed by atoms with Crippen LogP contribution in [0.4, 0.5) is 0 Å². The molecule has 0 saturated heterocycles. The molecule has 1 aromatic carbocycles. The van der Waals surface area contributed by atoms with E-state index in [1.807, 2.05) is 18.2 Å². The van der Waals surface area contributed by atoms with E-state index in [1.165, 1.54) is 5.56 Å². The number of rotatable bonds is 7. The fourth-order valence-electron chi connectivity index (χ4n) is 1.97. The number of nitrogens with zero attached hydrogens (tertiary/aromatic N) is 1. The quantitative estimate of drug-likeness (QED) is 0.788. The SMILES string of the molecule is COc1ccccc1CN(CCO)CC(C)C. The number of benzene rings is 1. The Morgan fingerprint density at radius 2 is 2.00 bits per heavy atom. The maximum Gasteiger partial charge on any atom is 0.123 e. The number of ether oxygens (including phenoxy) is 1. The molecule has 1 aromatic rings. The zero-order valence-electron chi connectivity index (χ0n) is 11.0. The molecule has 1 rings (SSSR count). The van der Waals surface area contributed by atoms with E-state index in [0.29, 0.717) is 12.5 Å². The molecule has 17 heavy (non-hydrogen) atoms. The number of para-hydroxylation sites is 1. The van der Waals surface area contributed by atoms with E-state index in [4.69, 9.17) is 9.84 Å². The van der Waals surface area contributed by atoms with Crippen molar-refractivity contribution in [3.8, 4) is 5.75 Å². The topological polar surface area (TPSA) is 32.7 Å². The molecule has 0 saturated carbocycles. The minimum absolute atomic E-state index is 0.196. The zero-order chi connectivity index (χ0) is 12.7. The Kier molecular flexibility index (Phi) is 6.01. The minimum atomic E-state index is 0.196. The van der Waals surface area contributed by atoms with Gasteiger partial charge in [0.2, 0.25) is 0 Å². The number of aliphatic hydroxyl groups is 1. The second kappa shape index (κ2) is 7.30. The highest BCUT2D eigenvalue weighted by atomic mass is 16.5. The predicted octanol–water partition coefficient (Wildman–Crippen LogP) is 2.15. The summed E-state index contributed by atoms with van der Waals surface area (Å²) in [6.45, 7) is 7.08. The first-order chi connectivity index (χ1) is 8.17. The van der Waals surface area contributed by atoms with Gasteiger partial charge in [-0.2, -0.15) is 0 Å². The van der Waals surface area contributed by atoms with Crippen LogP contribution in [0.25, 0.3) is 0 Å². The summed E-state index contributed by atoms with van der Waals surface area (Å²) >= 11 is 0.